The number of fused-ring (bicyclic) bond motifs is 11. The fraction of sp³-hybridized carbons (Fsp3) is 0.267. The number of anilines is 1. The molecule has 3 saturated heterocycles. The Balaban J connectivity index is 1.43. The molecule has 4 aliphatic heterocycles. The Morgan fingerprint density at radius 1 is 0.975 bits per heavy atom. The van der Waals surface area contributed by atoms with E-state index in [0.717, 1.165) is 23.3 Å². The average Bonchev–Trinajstić information content (AvgIpc) is 3.67. The Morgan fingerprint density at radius 3 is 2.58 bits per heavy atom. The third-order valence-corrected chi connectivity index (χ3v) is 9.28. The van der Waals surface area contributed by atoms with E-state index in [9.17, 15) is 24.5 Å². The molecule has 3 fully saturated rings. The first kappa shape index (κ1) is 23.2. The van der Waals surface area contributed by atoms with Gasteiger partial charge in [0.25, 0.3) is 11.2 Å². The highest BCUT2D eigenvalue weighted by molar-refractivity contribution is 6.23. The van der Waals surface area contributed by atoms with Crippen LogP contribution in [0.4, 0.5) is 11.4 Å². The average molecular weight is 534 g/mol. The first-order valence-corrected chi connectivity index (χ1v) is 13.4. The molecule has 0 saturated carbocycles. The molecule has 0 bridgehead atoms. The van der Waals surface area contributed by atoms with Crippen LogP contribution >= 0.6 is 0 Å². The maximum absolute atomic E-state index is 14.6. The van der Waals surface area contributed by atoms with Gasteiger partial charge in [-0.2, -0.15) is 0 Å². The molecule has 4 aliphatic rings. The molecule has 2 amide bonds. The van der Waals surface area contributed by atoms with Crippen molar-refractivity contribution in [2.45, 2.75) is 31.3 Å². The molecule has 4 atom stereocenters. The second kappa shape index (κ2) is 7.70. The number of aryl methyl sites for hydroxylation is 1. The number of hydrogen-bond donors (Lipinski definition) is 0. The Kier molecular flexibility index (Phi) is 4.47. The summed E-state index contributed by atoms with van der Waals surface area (Å²) in [6.45, 7) is 2.39. The minimum absolute atomic E-state index is 0.188. The lowest BCUT2D eigenvalue weighted by atomic mass is 9.75. The molecule has 3 aromatic carbocycles. The number of carbonyl (C=O) groups is 2. The van der Waals surface area contributed by atoms with E-state index >= 15 is 0 Å². The number of imide groups is 1. The predicted octanol–water partition coefficient (Wildman–Crippen LogP) is 3.44. The van der Waals surface area contributed by atoms with Gasteiger partial charge in [-0.25, -0.2) is 9.88 Å². The fourth-order valence-electron chi connectivity index (χ4n) is 7.80. The lowest BCUT2D eigenvalue weighted by Crippen LogP contribution is -2.51. The van der Waals surface area contributed by atoms with Gasteiger partial charge >= 0.3 is 0 Å². The van der Waals surface area contributed by atoms with E-state index in [0.29, 0.717) is 34.5 Å². The van der Waals surface area contributed by atoms with Gasteiger partial charge in [0, 0.05) is 23.7 Å². The molecular formula is C30H23N5O5. The van der Waals surface area contributed by atoms with Crippen molar-refractivity contribution in [1.29, 1.82) is 0 Å². The summed E-state index contributed by atoms with van der Waals surface area (Å²) in [5.74, 6) is -1.83. The van der Waals surface area contributed by atoms with Crippen molar-refractivity contribution in [2.75, 3.05) is 11.4 Å². The van der Waals surface area contributed by atoms with Crippen LogP contribution in [0.25, 0.3) is 16.6 Å². The molecule has 1 spiro atoms. The Hall–Kier alpha value is -4.70. The summed E-state index contributed by atoms with van der Waals surface area (Å²) in [6, 6.07) is 18.7. The number of hydrogen-bond acceptors (Lipinski definition) is 7. The summed E-state index contributed by atoms with van der Waals surface area (Å²) in [6.07, 6.45) is 1.57. The first-order chi connectivity index (χ1) is 19.4. The summed E-state index contributed by atoms with van der Waals surface area (Å²) in [7, 11) is 0. The molecule has 10 nitrogen and oxygen atoms in total. The topological polar surface area (TPSA) is 119 Å². The Morgan fingerprint density at radius 2 is 1.75 bits per heavy atom. The summed E-state index contributed by atoms with van der Waals surface area (Å²) < 4.78 is 1.62. The number of non-ortho nitro benzene ring substituents is 1. The maximum atomic E-state index is 14.6. The minimum atomic E-state index is -1.12. The van der Waals surface area contributed by atoms with Crippen molar-refractivity contribution in [3.8, 4) is 5.69 Å². The molecule has 198 valence electrons. The van der Waals surface area contributed by atoms with Crippen LogP contribution in [0, 0.1) is 28.9 Å². The molecular weight excluding hydrogens is 510 g/mol. The molecule has 4 aromatic rings. The van der Waals surface area contributed by atoms with E-state index in [1.165, 1.54) is 12.1 Å². The standard InChI is InChI=1S/C30H23N5O5/c1-16-12-13-17(35(39)40)15-23(16)33-27(37)24-22-11-6-14-32(22)30(25(24)28(33)38)19-8-3-5-10-21(19)34-26(36)18-7-2-4-9-20(18)31-29(30)34/h2-5,7-10,12-13,15,22,24-25H,6,11,14H2,1H3/t22-,24+,25-,30+/m0/s1. The predicted molar refractivity (Wildman–Crippen MR) is 145 cm³/mol. The zero-order valence-corrected chi connectivity index (χ0v) is 21.5. The molecule has 0 unspecified atom stereocenters. The van der Waals surface area contributed by atoms with E-state index in [1.807, 2.05) is 30.3 Å². The van der Waals surface area contributed by atoms with Gasteiger partial charge in [-0.15, -0.1) is 0 Å². The number of para-hydroxylation sites is 2. The van der Waals surface area contributed by atoms with Gasteiger partial charge in [0.15, 0.2) is 0 Å². The zero-order valence-electron chi connectivity index (χ0n) is 21.5. The van der Waals surface area contributed by atoms with Crippen LogP contribution in [0.3, 0.4) is 0 Å². The molecule has 0 radical (unpaired) electrons. The Bertz CT molecular complexity index is 1900. The van der Waals surface area contributed by atoms with E-state index in [1.54, 1.807) is 35.8 Å². The second-order valence-corrected chi connectivity index (χ2v) is 11.0. The first-order valence-electron chi connectivity index (χ1n) is 13.4. The third-order valence-electron chi connectivity index (χ3n) is 9.28. The summed E-state index contributed by atoms with van der Waals surface area (Å²) in [5, 5.41) is 12.1. The van der Waals surface area contributed by atoms with Gasteiger partial charge < -0.3 is 0 Å². The summed E-state index contributed by atoms with van der Waals surface area (Å²) >= 11 is 0. The number of nitrogens with zero attached hydrogens (tertiary/aromatic N) is 5. The van der Waals surface area contributed by atoms with Crippen LogP contribution in [0.5, 0.6) is 0 Å². The number of nitro groups is 1. The van der Waals surface area contributed by atoms with E-state index < -0.39 is 28.2 Å². The highest BCUT2D eigenvalue weighted by atomic mass is 16.6. The molecule has 8 rings (SSSR count). The quantitative estimate of drug-likeness (QED) is 0.220. The van der Waals surface area contributed by atoms with Gasteiger partial charge in [0.1, 0.15) is 11.4 Å². The molecule has 0 aliphatic carbocycles. The highest BCUT2D eigenvalue weighted by Gasteiger charge is 2.73. The minimum Gasteiger partial charge on any atom is -0.283 e. The van der Waals surface area contributed by atoms with Crippen molar-refractivity contribution in [1.82, 2.24) is 14.5 Å². The number of rotatable bonds is 2. The number of benzene rings is 3. The normalized spacial score (nSPS) is 26.4. The van der Waals surface area contributed by atoms with Crippen molar-refractivity contribution in [3.63, 3.8) is 0 Å². The van der Waals surface area contributed by atoms with E-state index in [4.69, 9.17) is 4.98 Å². The van der Waals surface area contributed by atoms with Crippen LogP contribution in [-0.2, 0) is 15.1 Å². The van der Waals surface area contributed by atoms with Crippen LogP contribution in [-0.4, -0.2) is 43.8 Å². The van der Waals surface area contributed by atoms with Crippen molar-refractivity contribution in [3.05, 3.63) is 104 Å². The SMILES string of the molecule is Cc1ccc([N+](=O)[O-])cc1N1C(=O)[C@H]2[C@@H](C1=O)[C@@]1(c3ccccc3-n3c1nc1ccccc1c3=O)N1CCC[C@@H]21. The van der Waals surface area contributed by atoms with Crippen molar-refractivity contribution >= 4 is 34.1 Å². The summed E-state index contributed by atoms with van der Waals surface area (Å²) in [4.78, 5) is 62.3. The molecule has 5 heterocycles. The van der Waals surface area contributed by atoms with Crippen molar-refractivity contribution in [2.24, 2.45) is 11.8 Å². The van der Waals surface area contributed by atoms with Gasteiger partial charge in [0.05, 0.1) is 39.0 Å². The largest absolute Gasteiger partial charge is 0.283 e. The van der Waals surface area contributed by atoms with Gasteiger partial charge in [-0.1, -0.05) is 36.4 Å². The molecule has 0 N–H and O–H groups in total. The fourth-order valence-corrected chi connectivity index (χ4v) is 7.80. The molecule has 40 heavy (non-hydrogen) atoms. The van der Waals surface area contributed by atoms with Crippen LogP contribution in [0.15, 0.2) is 71.5 Å². The van der Waals surface area contributed by atoms with Crippen LogP contribution < -0.4 is 10.5 Å². The van der Waals surface area contributed by atoms with Crippen LogP contribution in [0.2, 0.25) is 0 Å². The molecule has 1 aromatic heterocycles. The number of amides is 2. The summed E-state index contributed by atoms with van der Waals surface area (Å²) in [5.41, 5.74) is 1.28. The zero-order chi connectivity index (χ0) is 27.5. The molecule has 10 heteroatoms. The van der Waals surface area contributed by atoms with E-state index in [2.05, 4.69) is 4.90 Å². The van der Waals surface area contributed by atoms with Gasteiger partial charge in [-0.3, -0.25) is 34.0 Å². The Labute approximate surface area is 227 Å². The monoisotopic (exact) mass is 533 g/mol. The van der Waals surface area contributed by atoms with Gasteiger partial charge in [-0.05, 0) is 50.1 Å². The smallest absolute Gasteiger partial charge is 0.271 e. The van der Waals surface area contributed by atoms with Crippen molar-refractivity contribution < 1.29 is 14.5 Å². The third kappa shape index (κ3) is 2.57. The van der Waals surface area contributed by atoms with E-state index in [-0.39, 0.29) is 28.9 Å². The maximum Gasteiger partial charge on any atom is 0.271 e. The van der Waals surface area contributed by atoms with Crippen LogP contribution in [0.1, 0.15) is 29.8 Å². The number of nitro benzene ring substituents is 1. The number of aromatic nitrogens is 2. The lowest BCUT2D eigenvalue weighted by molar-refractivity contribution is -0.384. The highest BCUT2D eigenvalue weighted by Crippen LogP contribution is 2.62. The second-order valence-electron chi connectivity index (χ2n) is 11.0. The van der Waals surface area contributed by atoms with Gasteiger partial charge in [0.2, 0.25) is 11.8 Å². The lowest BCUT2D eigenvalue weighted by Gasteiger charge is -2.38. The number of carbonyl (C=O) groups excluding carboxylic acids is 2.